The Morgan fingerprint density at radius 2 is 2.10 bits per heavy atom. The molecule has 0 saturated carbocycles. The van der Waals surface area contributed by atoms with Gasteiger partial charge in [0.05, 0.1) is 0 Å². The highest BCUT2D eigenvalue weighted by Gasteiger charge is 1.87. The Hall–Kier alpha value is -0.0500. The SMILES string of the molecule is Br.NCc1cccc(Cl)c1. The molecule has 10 heavy (non-hydrogen) atoms. The summed E-state index contributed by atoms with van der Waals surface area (Å²) >= 11 is 5.67. The van der Waals surface area contributed by atoms with Crippen LogP contribution in [0.15, 0.2) is 24.3 Å². The minimum atomic E-state index is 0. The van der Waals surface area contributed by atoms with Crippen molar-refractivity contribution in [3.05, 3.63) is 34.9 Å². The molecule has 0 aliphatic rings. The first kappa shape index (κ1) is 9.95. The van der Waals surface area contributed by atoms with E-state index in [-0.39, 0.29) is 17.0 Å². The maximum atomic E-state index is 5.67. The first-order valence-corrected chi connectivity index (χ1v) is 3.15. The molecule has 0 aromatic heterocycles. The van der Waals surface area contributed by atoms with Gasteiger partial charge >= 0.3 is 0 Å². The van der Waals surface area contributed by atoms with Crippen LogP contribution in [0.4, 0.5) is 0 Å². The molecule has 1 rings (SSSR count). The summed E-state index contributed by atoms with van der Waals surface area (Å²) < 4.78 is 0. The van der Waals surface area contributed by atoms with Gasteiger partial charge in [-0.2, -0.15) is 0 Å². The van der Waals surface area contributed by atoms with Crippen LogP contribution in [0.3, 0.4) is 0 Å². The zero-order valence-corrected chi connectivity index (χ0v) is 7.85. The molecule has 0 aliphatic carbocycles. The molecule has 0 atom stereocenters. The first-order chi connectivity index (χ1) is 4.33. The van der Waals surface area contributed by atoms with E-state index in [2.05, 4.69) is 0 Å². The third-order valence-corrected chi connectivity index (χ3v) is 1.36. The maximum Gasteiger partial charge on any atom is 0.0409 e. The van der Waals surface area contributed by atoms with Crippen molar-refractivity contribution in [1.29, 1.82) is 0 Å². The normalized spacial score (nSPS) is 8.60. The van der Waals surface area contributed by atoms with Crippen LogP contribution in [-0.2, 0) is 6.54 Å². The monoisotopic (exact) mass is 221 g/mol. The smallest absolute Gasteiger partial charge is 0.0409 e. The fourth-order valence-electron chi connectivity index (χ4n) is 0.664. The van der Waals surface area contributed by atoms with Gasteiger partial charge in [0, 0.05) is 11.6 Å². The van der Waals surface area contributed by atoms with Crippen molar-refractivity contribution in [2.45, 2.75) is 6.54 Å². The van der Waals surface area contributed by atoms with Crippen LogP contribution in [-0.4, -0.2) is 0 Å². The average Bonchev–Trinajstić information content (AvgIpc) is 1.88. The van der Waals surface area contributed by atoms with Crippen LogP contribution in [0.1, 0.15) is 5.56 Å². The van der Waals surface area contributed by atoms with E-state index < -0.39 is 0 Å². The molecule has 2 N–H and O–H groups in total. The summed E-state index contributed by atoms with van der Waals surface area (Å²) in [5, 5.41) is 0.748. The van der Waals surface area contributed by atoms with Crippen LogP contribution in [0.2, 0.25) is 5.02 Å². The fourth-order valence-corrected chi connectivity index (χ4v) is 0.877. The lowest BCUT2D eigenvalue weighted by atomic mass is 10.2. The summed E-state index contributed by atoms with van der Waals surface area (Å²) in [5.74, 6) is 0. The van der Waals surface area contributed by atoms with E-state index in [1.807, 2.05) is 24.3 Å². The number of rotatable bonds is 1. The quantitative estimate of drug-likeness (QED) is 0.776. The molecule has 0 fully saturated rings. The molecule has 0 aliphatic heterocycles. The number of hydrogen-bond acceptors (Lipinski definition) is 1. The number of hydrogen-bond donors (Lipinski definition) is 1. The molecule has 0 amide bonds. The van der Waals surface area contributed by atoms with Gasteiger partial charge in [0.25, 0.3) is 0 Å². The Bertz CT molecular complexity index is 203. The average molecular weight is 223 g/mol. The van der Waals surface area contributed by atoms with E-state index in [4.69, 9.17) is 17.3 Å². The number of benzene rings is 1. The van der Waals surface area contributed by atoms with Crippen molar-refractivity contribution in [1.82, 2.24) is 0 Å². The van der Waals surface area contributed by atoms with Gasteiger partial charge in [-0.25, -0.2) is 0 Å². The molecule has 0 radical (unpaired) electrons. The molecular formula is C7H9BrClN. The van der Waals surface area contributed by atoms with Gasteiger partial charge in [0.1, 0.15) is 0 Å². The Morgan fingerprint density at radius 3 is 2.50 bits per heavy atom. The predicted molar refractivity (Wildman–Crippen MR) is 49.7 cm³/mol. The Morgan fingerprint density at radius 1 is 1.40 bits per heavy atom. The minimum Gasteiger partial charge on any atom is -0.326 e. The molecule has 3 heteroatoms. The molecule has 0 spiro atoms. The number of nitrogens with two attached hydrogens (primary N) is 1. The Balaban J connectivity index is 0.000000810. The molecule has 56 valence electrons. The predicted octanol–water partition coefficient (Wildman–Crippen LogP) is 2.38. The molecule has 1 nitrogen and oxygen atoms in total. The second-order valence-corrected chi connectivity index (χ2v) is 2.27. The standard InChI is InChI=1S/C7H8ClN.BrH/c8-7-3-1-2-6(4-7)5-9;/h1-4H,5,9H2;1H. The third-order valence-electron chi connectivity index (χ3n) is 1.12. The molecular weight excluding hydrogens is 213 g/mol. The van der Waals surface area contributed by atoms with E-state index in [1.54, 1.807) is 0 Å². The van der Waals surface area contributed by atoms with Crippen LogP contribution < -0.4 is 5.73 Å². The molecule has 0 unspecified atom stereocenters. The summed E-state index contributed by atoms with van der Waals surface area (Å²) in [4.78, 5) is 0. The Kier molecular flexibility index (Phi) is 4.69. The molecule has 1 aromatic rings. The van der Waals surface area contributed by atoms with Crippen LogP contribution >= 0.6 is 28.6 Å². The van der Waals surface area contributed by atoms with Gasteiger partial charge in [-0.05, 0) is 17.7 Å². The first-order valence-electron chi connectivity index (χ1n) is 2.77. The summed E-state index contributed by atoms with van der Waals surface area (Å²) in [6.45, 7) is 0.556. The van der Waals surface area contributed by atoms with Crippen LogP contribution in [0.5, 0.6) is 0 Å². The van der Waals surface area contributed by atoms with E-state index >= 15 is 0 Å². The zero-order chi connectivity index (χ0) is 6.69. The lowest BCUT2D eigenvalue weighted by Crippen LogP contribution is -1.94. The van der Waals surface area contributed by atoms with Gasteiger partial charge < -0.3 is 5.73 Å². The highest BCUT2D eigenvalue weighted by molar-refractivity contribution is 8.93. The van der Waals surface area contributed by atoms with Gasteiger partial charge in [0.15, 0.2) is 0 Å². The van der Waals surface area contributed by atoms with Crippen molar-refractivity contribution in [3.63, 3.8) is 0 Å². The summed E-state index contributed by atoms with van der Waals surface area (Å²) in [6.07, 6.45) is 0. The lowest BCUT2D eigenvalue weighted by Gasteiger charge is -1.93. The Labute approximate surface area is 76.0 Å². The summed E-state index contributed by atoms with van der Waals surface area (Å²) in [6, 6.07) is 7.54. The molecule has 1 aromatic carbocycles. The maximum absolute atomic E-state index is 5.67. The van der Waals surface area contributed by atoms with Gasteiger partial charge in [-0.15, -0.1) is 17.0 Å². The second kappa shape index (κ2) is 4.72. The molecule has 0 heterocycles. The third kappa shape index (κ3) is 2.69. The van der Waals surface area contributed by atoms with Crippen molar-refractivity contribution < 1.29 is 0 Å². The van der Waals surface area contributed by atoms with Gasteiger partial charge in [-0.1, -0.05) is 23.7 Å². The van der Waals surface area contributed by atoms with Crippen molar-refractivity contribution in [2.75, 3.05) is 0 Å². The summed E-state index contributed by atoms with van der Waals surface area (Å²) in [5.41, 5.74) is 6.43. The molecule has 0 bridgehead atoms. The van der Waals surface area contributed by atoms with Crippen LogP contribution in [0, 0.1) is 0 Å². The van der Waals surface area contributed by atoms with E-state index in [1.165, 1.54) is 0 Å². The van der Waals surface area contributed by atoms with Crippen molar-refractivity contribution in [2.24, 2.45) is 5.73 Å². The zero-order valence-electron chi connectivity index (χ0n) is 5.38. The van der Waals surface area contributed by atoms with Crippen molar-refractivity contribution in [3.8, 4) is 0 Å². The fraction of sp³-hybridized carbons (Fsp3) is 0.143. The molecule has 0 saturated heterocycles. The number of halogens is 2. The van der Waals surface area contributed by atoms with Gasteiger partial charge in [0.2, 0.25) is 0 Å². The summed E-state index contributed by atoms with van der Waals surface area (Å²) in [7, 11) is 0. The van der Waals surface area contributed by atoms with E-state index in [0.717, 1.165) is 10.6 Å². The topological polar surface area (TPSA) is 26.0 Å². The second-order valence-electron chi connectivity index (χ2n) is 1.83. The van der Waals surface area contributed by atoms with E-state index in [0.29, 0.717) is 6.54 Å². The van der Waals surface area contributed by atoms with Gasteiger partial charge in [-0.3, -0.25) is 0 Å². The van der Waals surface area contributed by atoms with Crippen LogP contribution in [0.25, 0.3) is 0 Å². The largest absolute Gasteiger partial charge is 0.326 e. The highest BCUT2D eigenvalue weighted by atomic mass is 79.9. The minimum absolute atomic E-state index is 0. The lowest BCUT2D eigenvalue weighted by molar-refractivity contribution is 1.07. The van der Waals surface area contributed by atoms with Crippen molar-refractivity contribution >= 4 is 28.6 Å². The highest BCUT2D eigenvalue weighted by Crippen LogP contribution is 2.09. The van der Waals surface area contributed by atoms with E-state index in [9.17, 15) is 0 Å².